The number of aliphatic hydroxyl groups is 1. The number of halogens is 1. The van der Waals surface area contributed by atoms with Crippen LogP contribution in [0.1, 0.15) is 30.6 Å². The zero-order chi connectivity index (χ0) is 14.2. The quantitative estimate of drug-likeness (QED) is 0.909. The summed E-state index contributed by atoms with van der Waals surface area (Å²) in [7, 11) is 4.17. The molecule has 2 atom stereocenters. The third-order valence-corrected chi connectivity index (χ3v) is 3.99. The van der Waals surface area contributed by atoms with Gasteiger partial charge in [-0.3, -0.25) is 0 Å². The molecule has 1 heterocycles. The van der Waals surface area contributed by atoms with Crippen molar-refractivity contribution in [3.8, 4) is 0 Å². The normalized spacial score (nSPS) is 21.2. The second-order valence-corrected chi connectivity index (χ2v) is 5.69. The topological polar surface area (TPSA) is 26.7 Å². The van der Waals surface area contributed by atoms with Gasteiger partial charge in [0.25, 0.3) is 0 Å². The number of benzene rings is 1. The molecule has 1 N–H and O–H groups in total. The van der Waals surface area contributed by atoms with Crippen LogP contribution >= 0.6 is 0 Å². The van der Waals surface area contributed by atoms with Gasteiger partial charge in [-0.2, -0.15) is 0 Å². The van der Waals surface area contributed by atoms with E-state index in [0.29, 0.717) is 17.2 Å². The van der Waals surface area contributed by atoms with Crippen LogP contribution in [0.2, 0.25) is 0 Å². The van der Waals surface area contributed by atoms with Crippen LogP contribution < -0.4 is 4.90 Å². The van der Waals surface area contributed by atoms with Crippen LogP contribution in [0.3, 0.4) is 0 Å². The number of nitrogens with zero attached hydrogens (tertiary/aromatic N) is 2. The third kappa shape index (κ3) is 2.90. The van der Waals surface area contributed by atoms with E-state index in [1.165, 1.54) is 6.07 Å². The molecule has 2 rings (SSSR count). The van der Waals surface area contributed by atoms with Crippen molar-refractivity contribution in [2.75, 3.05) is 32.1 Å². The summed E-state index contributed by atoms with van der Waals surface area (Å²) in [5.74, 6) is -0.247. The van der Waals surface area contributed by atoms with Crippen LogP contribution in [0.25, 0.3) is 0 Å². The van der Waals surface area contributed by atoms with Gasteiger partial charge in [-0.15, -0.1) is 0 Å². The molecule has 3 nitrogen and oxygen atoms in total. The maximum absolute atomic E-state index is 13.7. The van der Waals surface area contributed by atoms with E-state index in [-0.39, 0.29) is 5.82 Å². The molecular formula is C15H23FN2O. The highest BCUT2D eigenvalue weighted by atomic mass is 19.1. The van der Waals surface area contributed by atoms with E-state index in [9.17, 15) is 9.50 Å². The summed E-state index contributed by atoms with van der Waals surface area (Å²) in [5, 5.41) is 9.85. The van der Waals surface area contributed by atoms with Crippen molar-refractivity contribution in [3.05, 3.63) is 29.1 Å². The van der Waals surface area contributed by atoms with Gasteiger partial charge in [0.15, 0.2) is 0 Å². The van der Waals surface area contributed by atoms with Crippen LogP contribution in [-0.2, 0) is 0 Å². The van der Waals surface area contributed by atoms with Crippen molar-refractivity contribution in [1.29, 1.82) is 0 Å². The Hall–Kier alpha value is -1.13. The Labute approximate surface area is 114 Å². The van der Waals surface area contributed by atoms with Crippen molar-refractivity contribution in [3.63, 3.8) is 0 Å². The van der Waals surface area contributed by atoms with Crippen LogP contribution in [0.4, 0.5) is 10.1 Å². The minimum absolute atomic E-state index is 0.247. The van der Waals surface area contributed by atoms with Crippen molar-refractivity contribution >= 4 is 5.69 Å². The number of aliphatic hydroxyl groups excluding tert-OH is 1. The Bertz CT molecular complexity index is 460. The second-order valence-electron chi connectivity index (χ2n) is 5.69. The summed E-state index contributed by atoms with van der Waals surface area (Å²) in [6.45, 7) is 5.34. The average molecular weight is 266 g/mol. The Balaban J connectivity index is 2.32. The van der Waals surface area contributed by atoms with Gasteiger partial charge in [-0.1, -0.05) is 0 Å². The lowest BCUT2D eigenvalue weighted by atomic mass is 10.0. The van der Waals surface area contributed by atoms with Crippen LogP contribution in [0.5, 0.6) is 0 Å². The molecule has 1 aliphatic heterocycles. The number of anilines is 1. The first-order valence-electron chi connectivity index (χ1n) is 6.79. The Kier molecular flexibility index (Phi) is 4.11. The first kappa shape index (κ1) is 14.3. The van der Waals surface area contributed by atoms with Gasteiger partial charge in [0.2, 0.25) is 0 Å². The van der Waals surface area contributed by atoms with E-state index in [1.54, 1.807) is 13.8 Å². The molecule has 0 aromatic heterocycles. The van der Waals surface area contributed by atoms with Crippen molar-refractivity contribution in [2.24, 2.45) is 0 Å². The molecule has 0 saturated carbocycles. The molecule has 1 saturated heterocycles. The number of aryl methyl sites for hydroxylation is 1. The van der Waals surface area contributed by atoms with E-state index in [0.717, 1.165) is 25.2 Å². The highest BCUT2D eigenvalue weighted by Gasteiger charge is 2.26. The van der Waals surface area contributed by atoms with E-state index in [2.05, 4.69) is 23.9 Å². The lowest BCUT2D eigenvalue weighted by Gasteiger charge is -2.25. The molecule has 0 aliphatic carbocycles. The fraction of sp³-hybridized carbons (Fsp3) is 0.600. The minimum atomic E-state index is -0.650. The maximum Gasteiger partial charge on any atom is 0.126 e. The van der Waals surface area contributed by atoms with E-state index in [1.807, 2.05) is 6.07 Å². The fourth-order valence-electron chi connectivity index (χ4n) is 2.67. The number of hydrogen-bond acceptors (Lipinski definition) is 3. The summed E-state index contributed by atoms with van der Waals surface area (Å²) in [6, 6.07) is 3.85. The minimum Gasteiger partial charge on any atom is -0.389 e. The summed E-state index contributed by atoms with van der Waals surface area (Å²) in [4.78, 5) is 4.47. The lowest BCUT2D eigenvalue weighted by Crippen LogP contribution is -2.31. The molecule has 1 unspecified atom stereocenters. The molecule has 0 bridgehead atoms. The van der Waals surface area contributed by atoms with Gasteiger partial charge in [0, 0.05) is 30.4 Å². The van der Waals surface area contributed by atoms with Crippen molar-refractivity contribution in [2.45, 2.75) is 32.4 Å². The molecule has 4 heteroatoms. The van der Waals surface area contributed by atoms with Gasteiger partial charge in [-0.05, 0) is 52.1 Å². The molecule has 1 aliphatic rings. The molecule has 19 heavy (non-hydrogen) atoms. The first-order chi connectivity index (χ1) is 8.90. The van der Waals surface area contributed by atoms with Crippen molar-refractivity contribution < 1.29 is 9.50 Å². The summed E-state index contributed by atoms with van der Waals surface area (Å²) >= 11 is 0. The van der Waals surface area contributed by atoms with Crippen molar-refractivity contribution in [1.82, 2.24) is 4.90 Å². The molecule has 1 aromatic rings. The van der Waals surface area contributed by atoms with Gasteiger partial charge >= 0.3 is 0 Å². The first-order valence-corrected chi connectivity index (χ1v) is 6.79. The maximum atomic E-state index is 13.7. The van der Waals surface area contributed by atoms with Gasteiger partial charge in [0.1, 0.15) is 5.82 Å². The molecule has 0 radical (unpaired) electrons. The number of likely N-dealkylation sites (N-methyl/N-ethyl adjacent to an activating group) is 1. The zero-order valence-corrected chi connectivity index (χ0v) is 12.2. The summed E-state index contributed by atoms with van der Waals surface area (Å²) in [5.41, 5.74) is 2.29. The van der Waals surface area contributed by atoms with Gasteiger partial charge in [0.05, 0.1) is 6.10 Å². The monoisotopic (exact) mass is 266 g/mol. The Morgan fingerprint density at radius 1 is 1.42 bits per heavy atom. The average Bonchev–Trinajstić information content (AvgIpc) is 2.81. The van der Waals surface area contributed by atoms with Crippen LogP contribution in [0.15, 0.2) is 12.1 Å². The van der Waals surface area contributed by atoms with Gasteiger partial charge in [-0.25, -0.2) is 4.39 Å². The molecule has 1 aromatic carbocycles. The molecule has 0 spiro atoms. The Morgan fingerprint density at radius 3 is 2.63 bits per heavy atom. The van der Waals surface area contributed by atoms with E-state index < -0.39 is 6.10 Å². The molecular weight excluding hydrogens is 243 g/mol. The standard InChI is InChI=1S/C15H23FN2O/c1-10-7-15(13(11(2)19)8-14(10)16)18-6-5-12(9-18)17(3)4/h7-8,11-12,19H,5-6,9H2,1-4H3/t11-,12?/m0/s1. The largest absolute Gasteiger partial charge is 0.389 e. The van der Waals surface area contributed by atoms with E-state index >= 15 is 0 Å². The van der Waals surface area contributed by atoms with Crippen LogP contribution in [-0.4, -0.2) is 43.2 Å². The lowest BCUT2D eigenvalue weighted by molar-refractivity contribution is 0.199. The van der Waals surface area contributed by atoms with Crippen LogP contribution in [0, 0.1) is 12.7 Å². The molecule has 1 fully saturated rings. The van der Waals surface area contributed by atoms with E-state index in [4.69, 9.17) is 0 Å². The second kappa shape index (κ2) is 5.47. The zero-order valence-electron chi connectivity index (χ0n) is 12.2. The number of hydrogen-bond donors (Lipinski definition) is 1. The smallest absolute Gasteiger partial charge is 0.126 e. The summed E-state index contributed by atoms with van der Waals surface area (Å²) < 4.78 is 13.7. The number of rotatable bonds is 3. The highest BCUT2D eigenvalue weighted by Crippen LogP contribution is 2.32. The Morgan fingerprint density at radius 2 is 2.11 bits per heavy atom. The van der Waals surface area contributed by atoms with Gasteiger partial charge < -0.3 is 14.9 Å². The highest BCUT2D eigenvalue weighted by molar-refractivity contribution is 5.57. The molecule has 106 valence electrons. The summed E-state index contributed by atoms with van der Waals surface area (Å²) in [6.07, 6.45) is 0.450. The predicted molar refractivity (Wildman–Crippen MR) is 76.1 cm³/mol. The fourth-order valence-corrected chi connectivity index (χ4v) is 2.67. The SMILES string of the molecule is Cc1cc(N2CCC(N(C)C)C2)c([C@H](C)O)cc1F. The third-order valence-electron chi connectivity index (χ3n) is 3.99. The predicted octanol–water partition coefficient (Wildman–Crippen LogP) is 2.33. The molecule has 0 amide bonds.